The van der Waals surface area contributed by atoms with E-state index in [9.17, 15) is 9.59 Å². The molecule has 1 aliphatic heterocycles. The fraction of sp³-hybridized carbons (Fsp3) is 0.0312. The zero-order valence-electron chi connectivity index (χ0n) is 21.2. The molecule has 1 N–H and O–H groups in total. The Labute approximate surface area is 231 Å². The Morgan fingerprint density at radius 3 is 2.00 bits per heavy atom. The van der Waals surface area contributed by atoms with Gasteiger partial charge in [-0.1, -0.05) is 60.5 Å². The molecule has 0 saturated carbocycles. The highest BCUT2D eigenvalue weighted by molar-refractivity contribution is 6.12. The molecule has 3 amide bonds. The largest absolute Gasteiger partial charge is 0.436 e. The lowest BCUT2D eigenvalue weighted by Gasteiger charge is -2.31. The third kappa shape index (κ3) is 6.46. The van der Waals surface area contributed by atoms with Gasteiger partial charge in [-0.15, -0.1) is 10.5 Å². The van der Waals surface area contributed by atoms with Gasteiger partial charge in [-0.25, -0.2) is 9.59 Å². The van der Waals surface area contributed by atoms with Gasteiger partial charge in [-0.05, 0) is 78.4 Å². The number of nitrogens with one attached hydrogen (secondary N) is 1. The number of ether oxygens (including phenoxy) is 1. The first-order valence-corrected chi connectivity index (χ1v) is 12.3. The monoisotopic (exact) mass is 524 g/mol. The average Bonchev–Trinajstić information content (AvgIpc) is 3.01. The van der Waals surface area contributed by atoms with E-state index in [-0.39, 0.29) is 12.6 Å². The molecule has 1 aliphatic rings. The molecule has 0 aromatic heterocycles. The Bertz CT molecular complexity index is 1630. The van der Waals surface area contributed by atoms with Crippen LogP contribution in [0.15, 0.2) is 120 Å². The summed E-state index contributed by atoms with van der Waals surface area (Å²) in [6, 6.07) is 34.3. The Morgan fingerprint density at radius 2 is 1.35 bits per heavy atom. The molecule has 0 saturated heterocycles. The van der Waals surface area contributed by atoms with Crippen molar-refractivity contribution in [3.8, 4) is 23.7 Å². The molecule has 193 valence electrons. The highest BCUT2D eigenvalue weighted by Gasteiger charge is 2.32. The third-order valence-electron chi connectivity index (χ3n) is 5.55. The number of hydrogen-bond donors (Lipinski definition) is 1. The van der Waals surface area contributed by atoms with Crippen molar-refractivity contribution in [1.29, 1.82) is 0 Å². The summed E-state index contributed by atoms with van der Waals surface area (Å²) in [5.41, 5.74) is 7.87. The lowest BCUT2D eigenvalue weighted by atomic mass is 10.1. The molecule has 1 heterocycles. The molecule has 8 nitrogen and oxygen atoms in total. The van der Waals surface area contributed by atoms with Crippen molar-refractivity contribution in [2.75, 3.05) is 21.9 Å². The fourth-order valence-corrected chi connectivity index (χ4v) is 3.64. The van der Waals surface area contributed by atoms with Gasteiger partial charge >= 0.3 is 12.1 Å². The number of hydrazone groups is 1. The van der Waals surface area contributed by atoms with E-state index in [4.69, 9.17) is 4.74 Å². The Morgan fingerprint density at radius 1 is 0.750 bits per heavy atom. The normalized spacial score (nSPS) is 12.1. The minimum Gasteiger partial charge on any atom is -0.436 e. The van der Waals surface area contributed by atoms with E-state index in [0.717, 1.165) is 5.56 Å². The number of para-hydroxylation sites is 3. The summed E-state index contributed by atoms with van der Waals surface area (Å²) in [5, 5.41) is 9.81. The summed E-state index contributed by atoms with van der Waals surface area (Å²) in [5.74, 6) is 11.4. The second-order valence-electron chi connectivity index (χ2n) is 8.30. The number of amides is 3. The highest BCUT2D eigenvalue weighted by atomic mass is 16.5. The van der Waals surface area contributed by atoms with Crippen molar-refractivity contribution in [2.45, 2.75) is 0 Å². The predicted molar refractivity (Wildman–Crippen MR) is 154 cm³/mol. The van der Waals surface area contributed by atoms with Crippen LogP contribution in [0.1, 0.15) is 11.1 Å². The number of carbonyl (C=O) groups excluding carboxylic acids is 2. The van der Waals surface area contributed by atoms with Crippen molar-refractivity contribution in [2.24, 2.45) is 5.10 Å². The predicted octanol–water partition coefficient (Wildman–Crippen LogP) is 5.62. The fourth-order valence-electron chi connectivity index (χ4n) is 3.64. The molecule has 0 atom stereocenters. The zero-order chi connectivity index (χ0) is 27.6. The van der Waals surface area contributed by atoms with Crippen molar-refractivity contribution in [3.63, 3.8) is 0 Å². The number of urea groups is 1. The van der Waals surface area contributed by atoms with Gasteiger partial charge in [-0.2, -0.15) is 10.0 Å². The van der Waals surface area contributed by atoms with Crippen LogP contribution < -0.4 is 20.8 Å². The van der Waals surface area contributed by atoms with E-state index in [1.54, 1.807) is 12.1 Å². The molecule has 8 heteroatoms. The maximum absolute atomic E-state index is 13.3. The number of anilines is 3. The van der Waals surface area contributed by atoms with Crippen LogP contribution in [0.5, 0.6) is 0 Å². The average molecular weight is 525 g/mol. The SMILES string of the molecule is O=C(Nc1ccccc1)OCC#CC#Cc1ccc(C2=NN(c3ccccc3)C(=O)N(c3ccccc3)[N]2)cc1. The lowest BCUT2D eigenvalue weighted by Crippen LogP contribution is -2.52. The summed E-state index contributed by atoms with van der Waals surface area (Å²) in [7, 11) is 0. The third-order valence-corrected chi connectivity index (χ3v) is 5.55. The first-order valence-electron chi connectivity index (χ1n) is 12.3. The number of carbonyl (C=O) groups is 2. The number of benzene rings is 4. The van der Waals surface area contributed by atoms with Gasteiger partial charge in [0.15, 0.2) is 12.4 Å². The molecule has 1 radical (unpaired) electrons. The summed E-state index contributed by atoms with van der Waals surface area (Å²) in [4.78, 5) is 25.0. The smallest absolute Gasteiger partial charge is 0.412 e. The second-order valence-corrected chi connectivity index (χ2v) is 8.30. The molecule has 0 bridgehead atoms. The molecule has 0 aliphatic carbocycles. The summed E-state index contributed by atoms with van der Waals surface area (Å²) in [6.45, 7) is -0.0812. The molecular formula is C32H22N5O3. The highest BCUT2D eigenvalue weighted by Crippen LogP contribution is 2.24. The van der Waals surface area contributed by atoms with Crippen LogP contribution in [-0.2, 0) is 4.74 Å². The van der Waals surface area contributed by atoms with Gasteiger partial charge in [0.05, 0.1) is 11.4 Å². The Balaban J connectivity index is 1.25. The number of nitrogens with zero attached hydrogens (tertiary/aromatic N) is 4. The van der Waals surface area contributed by atoms with Crippen LogP contribution >= 0.6 is 0 Å². The van der Waals surface area contributed by atoms with E-state index < -0.39 is 6.09 Å². The van der Waals surface area contributed by atoms with Crippen molar-refractivity contribution >= 4 is 35.0 Å². The Kier molecular flexibility index (Phi) is 8.02. The van der Waals surface area contributed by atoms with Crippen LogP contribution in [-0.4, -0.2) is 24.6 Å². The second kappa shape index (κ2) is 12.5. The van der Waals surface area contributed by atoms with E-state index >= 15 is 0 Å². The van der Waals surface area contributed by atoms with Crippen molar-refractivity contribution < 1.29 is 14.3 Å². The molecular weight excluding hydrogens is 502 g/mol. The van der Waals surface area contributed by atoms with Crippen molar-refractivity contribution in [1.82, 2.24) is 5.43 Å². The minimum atomic E-state index is -0.585. The first kappa shape index (κ1) is 25.7. The molecule has 0 fully saturated rings. The zero-order valence-corrected chi connectivity index (χ0v) is 21.2. The van der Waals surface area contributed by atoms with Gasteiger partial charge in [0.1, 0.15) is 0 Å². The number of hydrogen-bond acceptors (Lipinski definition) is 4. The van der Waals surface area contributed by atoms with Gasteiger partial charge in [0.2, 0.25) is 0 Å². The molecule has 0 unspecified atom stereocenters. The topological polar surface area (TPSA) is 88.3 Å². The lowest BCUT2D eigenvalue weighted by molar-refractivity contribution is 0.176. The van der Waals surface area contributed by atoms with Gasteiger partial charge in [-0.3, -0.25) is 5.32 Å². The summed E-state index contributed by atoms with van der Waals surface area (Å²) < 4.78 is 5.02. The molecule has 40 heavy (non-hydrogen) atoms. The van der Waals surface area contributed by atoms with E-state index in [1.165, 1.54) is 10.0 Å². The van der Waals surface area contributed by atoms with Crippen LogP contribution in [0.3, 0.4) is 0 Å². The van der Waals surface area contributed by atoms with E-state index in [1.807, 2.05) is 103 Å². The van der Waals surface area contributed by atoms with Gasteiger partial charge < -0.3 is 4.74 Å². The maximum atomic E-state index is 13.3. The molecule has 4 aromatic rings. The number of amidine groups is 1. The van der Waals surface area contributed by atoms with Crippen LogP contribution in [0.25, 0.3) is 0 Å². The maximum Gasteiger partial charge on any atom is 0.412 e. The quantitative estimate of drug-likeness (QED) is 0.344. The molecule has 4 aromatic carbocycles. The molecule has 5 rings (SSSR count). The summed E-state index contributed by atoms with van der Waals surface area (Å²) in [6.07, 6.45) is -0.585. The Hall–Kier alpha value is -5.99. The van der Waals surface area contributed by atoms with Gasteiger partial charge in [0, 0.05) is 16.8 Å². The first-order chi connectivity index (χ1) is 19.7. The van der Waals surface area contributed by atoms with Gasteiger partial charge in [0.25, 0.3) is 0 Å². The van der Waals surface area contributed by atoms with E-state index in [0.29, 0.717) is 28.5 Å². The van der Waals surface area contributed by atoms with Crippen LogP contribution in [0.4, 0.5) is 26.7 Å². The minimum absolute atomic E-state index is 0.0812. The molecule has 0 spiro atoms. The van der Waals surface area contributed by atoms with Crippen LogP contribution in [0, 0.1) is 23.7 Å². The van der Waals surface area contributed by atoms with Crippen molar-refractivity contribution in [3.05, 3.63) is 126 Å². The van der Waals surface area contributed by atoms with E-state index in [2.05, 4.69) is 39.5 Å². The standard InChI is InChI=1S/C32H22N5O3/c38-31(33-27-14-6-1-7-15-27)40-24-12-4-5-13-25-20-22-26(23-21-25)30-34-36(28-16-8-2-9-17-28)32(39)37(35-30)29-18-10-3-11-19-29/h1-3,6-11,14-23H,24H2,(H,33,38). The number of rotatable bonds is 5. The summed E-state index contributed by atoms with van der Waals surface area (Å²) >= 11 is 0. The van der Waals surface area contributed by atoms with Crippen LogP contribution in [0.2, 0.25) is 0 Å².